The number of hydrogen-bond acceptors (Lipinski definition) is 8. The molecule has 7 N–H and O–H groups in total. The number of carbonyl (C=O) groups excluding carboxylic acids is 3. The molecule has 0 aliphatic rings. The predicted octanol–water partition coefficient (Wildman–Crippen LogP) is 3.01. The van der Waals surface area contributed by atoms with E-state index in [0.29, 0.717) is 6.42 Å². The molecule has 0 aromatic heterocycles. The lowest BCUT2D eigenvalue weighted by molar-refractivity contribution is -0.143. The molecule has 0 spiro atoms. The number of carboxylic acids is 3. The van der Waals surface area contributed by atoms with Crippen LogP contribution in [-0.4, -0.2) is 87.8 Å². The minimum absolute atomic E-state index is 0.00370. The van der Waals surface area contributed by atoms with Crippen molar-refractivity contribution in [2.75, 3.05) is 5.75 Å². The molecule has 0 bridgehead atoms. The number of hydrogen-bond donors (Lipinski definition) is 7. The Balaban J connectivity index is 4.41. The largest absolute Gasteiger partial charge is 0.481 e. The standard InChI is InChI=1S/C30H53N3O12S/c1-2-22(29(39)40)31-26(35)20-19-23(30(41)42)33-28(38)24(21-46(43,44)45)32-25(34)17-15-13-11-9-7-5-3-4-6-8-10-12-14-16-18-27(36)37/h22-24H,2-21H2,1H3,(H,31,35)(H,32,34)(H,33,38)(H,36,37)(H,39,40)(H,41,42)(H,43,44,45). The summed E-state index contributed by atoms with van der Waals surface area (Å²) in [4.78, 5) is 70.3. The second kappa shape index (κ2) is 24.9. The zero-order valence-corrected chi connectivity index (χ0v) is 27.7. The summed E-state index contributed by atoms with van der Waals surface area (Å²) in [5, 5.41) is 33.6. The monoisotopic (exact) mass is 679 g/mol. The molecule has 0 aromatic carbocycles. The predicted molar refractivity (Wildman–Crippen MR) is 169 cm³/mol. The van der Waals surface area contributed by atoms with E-state index in [2.05, 4.69) is 16.0 Å². The quantitative estimate of drug-likeness (QED) is 0.0445. The Hall–Kier alpha value is -3.27. The highest BCUT2D eigenvalue weighted by molar-refractivity contribution is 7.85. The van der Waals surface area contributed by atoms with Gasteiger partial charge in [0, 0.05) is 19.3 Å². The summed E-state index contributed by atoms with van der Waals surface area (Å²) < 4.78 is 32.2. The van der Waals surface area contributed by atoms with E-state index in [1.165, 1.54) is 19.8 Å². The maximum atomic E-state index is 12.7. The normalized spacial score (nSPS) is 13.3. The first-order valence-corrected chi connectivity index (χ1v) is 17.8. The summed E-state index contributed by atoms with van der Waals surface area (Å²) >= 11 is 0. The number of rotatable bonds is 29. The molecule has 16 heteroatoms. The summed E-state index contributed by atoms with van der Waals surface area (Å²) in [5.41, 5.74) is 0. The van der Waals surface area contributed by atoms with Crippen LogP contribution in [0.1, 0.15) is 129 Å². The van der Waals surface area contributed by atoms with Crippen LogP contribution in [-0.2, 0) is 38.9 Å². The maximum absolute atomic E-state index is 12.7. The van der Waals surface area contributed by atoms with Crippen molar-refractivity contribution in [1.82, 2.24) is 16.0 Å². The Morgan fingerprint density at radius 2 is 0.935 bits per heavy atom. The molecule has 0 aliphatic carbocycles. The number of carbonyl (C=O) groups is 6. The highest BCUT2D eigenvalue weighted by Gasteiger charge is 2.30. The number of amides is 3. The number of aliphatic carboxylic acids is 3. The third kappa shape index (κ3) is 24.0. The lowest BCUT2D eigenvalue weighted by Crippen LogP contribution is -2.54. The summed E-state index contributed by atoms with van der Waals surface area (Å²) in [7, 11) is -4.73. The van der Waals surface area contributed by atoms with Gasteiger partial charge < -0.3 is 31.3 Å². The van der Waals surface area contributed by atoms with Crippen molar-refractivity contribution < 1.29 is 57.1 Å². The summed E-state index contributed by atoms with van der Waals surface area (Å²) in [6.45, 7) is 1.54. The van der Waals surface area contributed by atoms with Crippen LogP contribution in [0.5, 0.6) is 0 Å². The third-order valence-corrected chi connectivity index (χ3v) is 8.14. The van der Waals surface area contributed by atoms with E-state index in [4.69, 9.17) is 10.2 Å². The fourth-order valence-electron chi connectivity index (χ4n) is 4.75. The molecule has 266 valence electrons. The van der Waals surface area contributed by atoms with E-state index in [-0.39, 0.29) is 19.3 Å². The van der Waals surface area contributed by atoms with Crippen molar-refractivity contribution >= 4 is 45.7 Å². The first-order chi connectivity index (χ1) is 21.7. The molecule has 0 heterocycles. The summed E-state index contributed by atoms with van der Waals surface area (Å²) in [5.74, 6) is -7.29. The Bertz CT molecular complexity index is 1070. The number of nitrogens with one attached hydrogen (secondary N) is 3. The molecule has 0 rings (SSSR count). The Kier molecular flexibility index (Phi) is 23.1. The van der Waals surface area contributed by atoms with Gasteiger partial charge in [-0.05, 0) is 25.7 Å². The SMILES string of the molecule is CCC(NC(=O)CCC(NC(=O)C(CS(=O)(=O)O)NC(=O)CCCCCCCCCCCCCCCCC(=O)O)C(=O)O)C(=O)O. The Morgan fingerprint density at radius 3 is 1.33 bits per heavy atom. The Labute approximate surface area is 271 Å². The first kappa shape index (κ1) is 42.7. The van der Waals surface area contributed by atoms with Crippen LogP contribution in [0.4, 0.5) is 0 Å². The third-order valence-electron chi connectivity index (χ3n) is 7.39. The summed E-state index contributed by atoms with van der Waals surface area (Å²) in [6.07, 6.45) is 13.3. The molecule has 0 fully saturated rings. The molecule has 46 heavy (non-hydrogen) atoms. The average molecular weight is 680 g/mol. The van der Waals surface area contributed by atoms with Crippen molar-refractivity contribution in [3.05, 3.63) is 0 Å². The highest BCUT2D eigenvalue weighted by Crippen LogP contribution is 2.14. The molecular formula is C30H53N3O12S. The highest BCUT2D eigenvalue weighted by atomic mass is 32.2. The van der Waals surface area contributed by atoms with Gasteiger partial charge in [-0.25, -0.2) is 9.59 Å². The van der Waals surface area contributed by atoms with Gasteiger partial charge in [0.1, 0.15) is 23.9 Å². The molecule has 3 amide bonds. The molecule has 15 nitrogen and oxygen atoms in total. The van der Waals surface area contributed by atoms with Gasteiger partial charge in [-0.1, -0.05) is 84.0 Å². The van der Waals surface area contributed by atoms with Gasteiger partial charge in [0.25, 0.3) is 10.1 Å². The van der Waals surface area contributed by atoms with Crippen molar-refractivity contribution in [2.45, 2.75) is 147 Å². The van der Waals surface area contributed by atoms with Crippen LogP contribution in [0.15, 0.2) is 0 Å². The van der Waals surface area contributed by atoms with Crippen molar-refractivity contribution in [2.24, 2.45) is 0 Å². The van der Waals surface area contributed by atoms with Gasteiger partial charge in [0.15, 0.2) is 0 Å². The van der Waals surface area contributed by atoms with E-state index in [1.807, 2.05) is 0 Å². The number of unbranched alkanes of at least 4 members (excludes halogenated alkanes) is 13. The van der Waals surface area contributed by atoms with Crippen LogP contribution >= 0.6 is 0 Å². The van der Waals surface area contributed by atoms with Gasteiger partial charge in [0.2, 0.25) is 17.7 Å². The molecule has 0 aromatic rings. The lowest BCUT2D eigenvalue weighted by Gasteiger charge is -2.21. The van der Waals surface area contributed by atoms with E-state index in [0.717, 1.165) is 70.6 Å². The molecule has 0 saturated carbocycles. The molecule has 0 aliphatic heterocycles. The van der Waals surface area contributed by atoms with Crippen molar-refractivity contribution in [3.63, 3.8) is 0 Å². The van der Waals surface area contributed by atoms with Gasteiger partial charge in [-0.15, -0.1) is 0 Å². The van der Waals surface area contributed by atoms with Gasteiger partial charge in [0.05, 0.1) is 0 Å². The molecule has 0 saturated heterocycles. The smallest absolute Gasteiger partial charge is 0.326 e. The fraction of sp³-hybridized carbons (Fsp3) is 0.800. The van der Waals surface area contributed by atoms with E-state index in [9.17, 15) is 46.8 Å². The average Bonchev–Trinajstić information content (AvgIpc) is 2.96. The zero-order chi connectivity index (χ0) is 35.0. The van der Waals surface area contributed by atoms with Crippen LogP contribution in [0.25, 0.3) is 0 Å². The molecule has 0 radical (unpaired) electrons. The van der Waals surface area contributed by atoms with E-state index >= 15 is 0 Å². The zero-order valence-electron chi connectivity index (χ0n) is 26.8. The van der Waals surface area contributed by atoms with E-state index in [1.54, 1.807) is 0 Å². The minimum Gasteiger partial charge on any atom is -0.481 e. The fourth-order valence-corrected chi connectivity index (χ4v) is 5.41. The summed E-state index contributed by atoms with van der Waals surface area (Å²) in [6, 6.07) is -4.58. The van der Waals surface area contributed by atoms with Crippen LogP contribution in [0.3, 0.4) is 0 Å². The second-order valence-corrected chi connectivity index (χ2v) is 13.0. The van der Waals surface area contributed by atoms with Gasteiger partial charge in [-0.2, -0.15) is 8.42 Å². The van der Waals surface area contributed by atoms with Gasteiger partial charge >= 0.3 is 17.9 Å². The van der Waals surface area contributed by atoms with Crippen LogP contribution < -0.4 is 16.0 Å². The molecular weight excluding hydrogens is 626 g/mol. The van der Waals surface area contributed by atoms with Gasteiger partial charge in [-0.3, -0.25) is 23.7 Å². The minimum atomic E-state index is -4.73. The van der Waals surface area contributed by atoms with Crippen LogP contribution in [0.2, 0.25) is 0 Å². The topological polar surface area (TPSA) is 254 Å². The van der Waals surface area contributed by atoms with Crippen LogP contribution in [0, 0.1) is 0 Å². The molecule has 3 unspecified atom stereocenters. The number of carboxylic acid groups (broad SMARTS) is 3. The molecule has 3 atom stereocenters. The Morgan fingerprint density at radius 1 is 0.543 bits per heavy atom. The maximum Gasteiger partial charge on any atom is 0.326 e. The van der Waals surface area contributed by atoms with Crippen molar-refractivity contribution in [3.8, 4) is 0 Å². The first-order valence-electron chi connectivity index (χ1n) is 16.2. The van der Waals surface area contributed by atoms with Crippen molar-refractivity contribution in [1.29, 1.82) is 0 Å². The van der Waals surface area contributed by atoms with E-state index < -0.39 is 82.5 Å². The second-order valence-electron chi connectivity index (χ2n) is 11.5. The lowest BCUT2D eigenvalue weighted by atomic mass is 10.0.